The van der Waals surface area contributed by atoms with Gasteiger partial charge in [0, 0.05) is 18.1 Å². The van der Waals surface area contributed by atoms with Gasteiger partial charge in [0.05, 0.1) is 11.7 Å². The zero-order chi connectivity index (χ0) is 14.0. The van der Waals surface area contributed by atoms with Crippen molar-refractivity contribution in [3.8, 4) is 0 Å². The van der Waals surface area contributed by atoms with E-state index >= 15 is 0 Å². The lowest BCUT2D eigenvalue weighted by atomic mass is 10.0. The lowest BCUT2D eigenvalue weighted by Crippen LogP contribution is -2.32. The van der Waals surface area contributed by atoms with Crippen molar-refractivity contribution in [2.45, 2.75) is 19.9 Å². The SMILES string of the molecule is CC(C)C(NC(=O)c1nn(C)cc1N)c1cccs1. The van der Waals surface area contributed by atoms with E-state index in [4.69, 9.17) is 5.73 Å². The molecule has 2 aromatic heterocycles. The summed E-state index contributed by atoms with van der Waals surface area (Å²) in [4.78, 5) is 13.4. The number of hydrogen-bond donors (Lipinski definition) is 2. The Labute approximate surface area is 116 Å². The molecule has 0 aromatic carbocycles. The summed E-state index contributed by atoms with van der Waals surface area (Å²) in [7, 11) is 1.74. The van der Waals surface area contributed by atoms with Crippen molar-refractivity contribution in [1.29, 1.82) is 0 Å². The second-order valence-electron chi connectivity index (χ2n) is 4.82. The topological polar surface area (TPSA) is 72.9 Å². The molecule has 0 bridgehead atoms. The lowest BCUT2D eigenvalue weighted by molar-refractivity contribution is 0.0921. The van der Waals surface area contributed by atoms with Gasteiger partial charge in [0.1, 0.15) is 0 Å². The molecule has 5 nitrogen and oxygen atoms in total. The number of aryl methyl sites for hydroxylation is 1. The summed E-state index contributed by atoms with van der Waals surface area (Å²) in [5, 5.41) is 9.10. The molecule has 1 atom stereocenters. The average Bonchev–Trinajstić information content (AvgIpc) is 2.95. The molecule has 0 radical (unpaired) electrons. The molecule has 0 fully saturated rings. The van der Waals surface area contributed by atoms with Gasteiger partial charge in [-0.2, -0.15) is 5.10 Å². The lowest BCUT2D eigenvalue weighted by Gasteiger charge is -2.20. The molecule has 0 aliphatic heterocycles. The molecule has 3 N–H and O–H groups in total. The molecule has 2 heterocycles. The van der Waals surface area contributed by atoms with Crippen LogP contribution >= 0.6 is 11.3 Å². The zero-order valence-electron chi connectivity index (χ0n) is 11.3. The van der Waals surface area contributed by atoms with E-state index in [1.165, 1.54) is 0 Å². The van der Waals surface area contributed by atoms with E-state index in [0.717, 1.165) is 4.88 Å². The second-order valence-corrected chi connectivity index (χ2v) is 5.80. The Kier molecular flexibility index (Phi) is 3.90. The molecule has 102 valence electrons. The van der Waals surface area contributed by atoms with Crippen LogP contribution in [-0.2, 0) is 7.05 Å². The van der Waals surface area contributed by atoms with Crippen LogP contribution in [0.25, 0.3) is 0 Å². The van der Waals surface area contributed by atoms with Crippen LogP contribution in [-0.4, -0.2) is 15.7 Å². The Morgan fingerprint density at radius 2 is 2.26 bits per heavy atom. The van der Waals surface area contributed by atoms with Crippen LogP contribution in [0.5, 0.6) is 0 Å². The summed E-state index contributed by atoms with van der Waals surface area (Å²) in [5.41, 5.74) is 6.45. The van der Waals surface area contributed by atoms with Crippen molar-refractivity contribution in [2.24, 2.45) is 13.0 Å². The smallest absolute Gasteiger partial charge is 0.274 e. The van der Waals surface area contributed by atoms with Crippen LogP contribution in [0.15, 0.2) is 23.7 Å². The van der Waals surface area contributed by atoms with Crippen molar-refractivity contribution < 1.29 is 4.79 Å². The van der Waals surface area contributed by atoms with Gasteiger partial charge in [0.25, 0.3) is 5.91 Å². The zero-order valence-corrected chi connectivity index (χ0v) is 12.1. The minimum atomic E-state index is -0.231. The largest absolute Gasteiger partial charge is 0.396 e. The number of nitrogens with two attached hydrogens (primary N) is 1. The highest BCUT2D eigenvalue weighted by Gasteiger charge is 2.22. The number of thiophene rings is 1. The number of rotatable bonds is 4. The van der Waals surface area contributed by atoms with Gasteiger partial charge in [-0.05, 0) is 17.4 Å². The first-order valence-corrected chi connectivity index (χ1v) is 7.00. The van der Waals surface area contributed by atoms with Crippen molar-refractivity contribution >= 4 is 22.9 Å². The maximum Gasteiger partial charge on any atom is 0.274 e. The van der Waals surface area contributed by atoms with E-state index in [1.807, 2.05) is 17.5 Å². The van der Waals surface area contributed by atoms with Crippen LogP contribution in [0.4, 0.5) is 5.69 Å². The third-order valence-electron chi connectivity index (χ3n) is 2.88. The maximum atomic E-state index is 12.2. The van der Waals surface area contributed by atoms with Crippen LogP contribution in [0.1, 0.15) is 35.3 Å². The van der Waals surface area contributed by atoms with Gasteiger partial charge < -0.3 is 11.1 Å². The number of nitrogen functional groups attached to an aromatic ring is 1. The summed E-state index contributed by atoms with van der Waals surface area (Å²) in [6.45, 7) is 4.15. The van der Waals surface area contributed by atoms with Crippen molar-refractivity contribution in [1.82, 2.24) is 15.1 Å². The fourth-order valence-corrected chi connectivity index (χ4v) is 2.88. The Bertz CT molecular complexity index is 559. The Morgan fingerprint density at radius 1 is 1.53 bits per heavy atom. The van der Waals surface area contributed by atoms with Gasteiger partial charge >= 0.3 is 0 Å². The van der Waals surface area contributed by atoms with Gasteiger partial charge in [-0.15, -0.1) is 11.3 Å². The molecular formula is C13H18N4OS. The number of amides is 1. The molecular weight excluding hydrogens is 260 g/mol. The van der Waals surface area contributed by atoms with E-state index < -0.39 is 0 Å². The predicted molar refractivity (Wildman–Crippen MR) is 77.0 cm³/mol. The van der Waals surface area contributed by atoms with Crippen LogP contribution in [0.3, 0.4) is 0 Å². The van der Waals surface area contributed by atoms with E-state index in [9.17, 15) is 4.79 Å². The molecule has 2 rings (SSSR count). The number of nitrogens with zero attached hydrogens (tertiary/aromatic N) is 2. The molecule has 1 amide bonds. The highest BCUT2D eigenvalue weighted by molar-refractivity contribution is 7.10. The second kappa shape index (κ2) is 5.44. The molecule has 2 aromatic rings. The predicted octanol–water partition coefficient (Wildman–Crippen LogP) is 2.19. The standard InChI is InChI=1S/C13H18N4OS/c1-8(2)11(10-5-4-6-19-10)15-13(18)12-9(14)7-17(3)16-12/h4-8,11H,14H2,1-3H3,(H,15,18). The molecule has 19 heavy (non-hydrogen) atoms. The summed E-state index contributed by atoms with van der Waals surface area (Å²) < 4.78 is 1.54. The van der Waals surface area contributed by atoms with E-state index in [2.05, 4.69) is 24.3 Å². The first-order chi connectivity index (χ1) is 8.99. The average molecular weight is 278 g/mol. The minimum Gasteiger partial charge on any atom is -0.396 e. The molecule has 0 aliphatic rings. The van der Waals surface area contributed by atoms with Gasteiger partial charge in [0.2, 0.25) is 0 Å². The molecule has 0 saturated heterocycles. The fraction of sp³-hybridized carbons (Fsp3) is 0.385. The van der Waals surface area contributed by atoms with Crippen LogP contribution in [0.2, 0.25) is 0 Å². The number of nitrogens with one attached hydrogen (secondary N) is 1. The summed E-state index contributed by atoms with van der Waals surface area (Å²) in [6, 6.07) is 3.99. The highest BCUT2D eigenvalue weighted by Crippen LogP contribution is 2.26. The van der Waals surface area contributed by atoms with E-state index in [0.29, 0.717) is 11.6 Å². The van der Waals surface area contributed by atoms with E-state index in [1.54, 1.807) is 29.3 Å². The van der Waals surface area contributed by atoms with Gasteiger partial charge in [-0.3, -0.25) is 9.48 Å². The van der Waals surface area contributed by atoms with Gasteiger partial charge in [0.15, 0.2) is 5.69 Å². The summed E-state index contributed by atoms with van der Waals surface area (Å²) in [6.07, 6.45) is 1.63. The first kappa shape index (κ1) is 13.6. The minimum absolute atomic E-state index is 0.0195. The number of hydrogen-bond acceptors (Lipinski definition) is 4. The van der Waals surface area contributed by atoms with Crippen LogP contribution < -0.4 is 11.1 Å². The van der Waals surface area contributed by atoms with E-state index in [-0.39, 0.29) is 17.6 Å². The number of aromatic nitrogens is 2. The molecule has 0 spiro atoms. The highest BCUT2D eigenvalue weighted by atomic mass is 32.1. The first-order valence-electron chi connectivity index (χ1n) is 6.12. The van der Waals surface area contributed by atoms with Crippen LogP contribution in [0, 0.1) is 5.92 Å². The number of anilines is 1. The third-order valence-corrected chi connectivity index (χ3v) is 3.83. The van der Waals surface area contributed by atoms with Gasteiger partial charge in [-0.1, -0.05) is 19.9 Å². The Morgan fingerprint density at radius 3 is 2.74 bits per heavy atom. The third kappa shape index (κ3) is 2.96. The Balaban J connectivity index is 2.18. The summed E-state index contributed by atoms with van der Waals surface area (Å²) in [5.74, 6) is 0.0673. The quantitative estimate of drug-likeness (QED) is 0.900. The molecule has 1 unspecified atom stereocenters. The van der Waals surface area contributed by atoms with Crippen molar-refractivity contribution in [2.75, 3.05) is 5.73 Å². The monoisotopic (exact) mass is 278 g/mol. The van der Waals surface area contributed by atoms with Crippen molar-refractivity contribution in [3.63, 3.8) is 0 Å². The number of carbonyl (C=O) groups excluding carboxylic acids is 1. The van der Waals surface area contributed by atoms with Crippen molar-refractivity contribution in [3.05, 3.63) is 34.3 Å². The molecule has 0 aliphatic carbocycles. The normalized spacial score (nSPS) is 12.6. The maximum absolute atomic E-state index is 12.2. The fourth-order valence-electron chi connectivity index (χ4n) is 1.93. The summed E-state index contributed by atoms with van der Waals surface area (Å²) >= 11 is 1.63. The Hall–Kier alpha value is -1.82. The molecule has 0 saturated carbocycles. The van der Waals surface area contributed by atoms with Gasteiger partial charge in [-0.25, -0.2) is 0 Å². The number of carbonyl (C=O) groups is 1. The molecule has 6 heteroatoms.